The molecule has 3 N–H and O–H groups in total. The average molecular weight is 432 g/mol. The predicted octanol–water partition coefficient (Wildman–Crippen LogP) is 3.96. The van der Waals surface area contributed by atoms with Crippen LogP contribution in [0.2, 0.25) is 5.02 Å². The summed E-state index contributed by atoms with van der Waals surface area (Å²) in [6.07, 6.45) is 12.0. The SMILES string of the molecule is C1CCNCC1.O=CNc1cc(-c2cncc(NCC3CCOCC3)c2)c(Cl)cn1. The zero-order valence-corrected chi connectivity index (χ0v) is 18.0. The third-order valence-electron chi connectivity index (χ3n) is 5.25. The Labute approximate surface area is 183 Å². The van der Waals surface area contributed by atoms with Gasteiger partial charge in [0.1, 0.15) is 5.82 Å². The zero-order valence-electron chi connectivity index (χ0n) is 17.2. The number of nitrogens with zero attached hydrogens (tertiary/aromatic N) is 2. The van der Waals surface area contributed by atoms with Gasteiger partial charge in [0, 0.05) is 49.5 Å². The molecule has 30 heavy (non-hydrogen) atoms. The van der Waals surface area contributed by atoms with Gasteiger partial charge in [0.2, 0.25) is 6.41 Å². The standard InChI is InChI=1S/C17H19ClN4O2.C5H11N/c18-16-10-21-17(22-11-23)6-15(16)13-5-14(9-19-8-13)20-7-12-1-3-24-4-2-12;1-2-4-6-5-3-1/h5-6,8-12,20H,1-4,7H2,(H,21,22,23);6H,1-5H2. The molecule has 1 amide bonds. The van der Waals surface area contributed by atoms with E-state index in [9.17, 15) is 4.79 Å². The third-order valence-corrected chi connectivity index (χ3v) is 5.56. The summed E-state index contributed by atoms with van der Waals surface area (Å²) in [6.45, 7) is 5.07. The van der Waals surface area contributed by atoms with E-state index in [1.165, 1.54) is 38.5 Å². The molecule has 4 heterocycles. The van der Waals surface area contributed by atoms with E-state index in [1.54, 1.807) is 18.5 Å². The molecular weight excluding hydrogens is 402 g/mol. The van der Waals surface area contributed by atoms with E-state index in [2.05, 4.69) is 25.9 Å². The zero-order chi connectivity index (χ0) is 21.0. The van der Waals surface area contributed by atoms with Crippen LogP contribution in [0.25, 0.3) is 11.1 Å². The molecule has 4 rings (SSSR count). The molecule has 0 radical (unpaired) electrons. The molecule has 0 atom stereocenters. The van der Waals surface area contributed by atoms with Gasteiger partial charge in [0.15, 0.2) is 0 Å². The largest absolute Gasteiger partial charge is 0.384 e. The van der Waals surface area contributed by atoms with Gasteiger partial charge >= 0.3 is 0 Å². The second kappa shape index (κ2) is 12.5. The summed E-state index contributed by atoms with van der Waals surface area (Å²) in [4.78, 5) is 18.9. The molecule has 8 heteroatoms. The minimum atomic E-state index is 0.449. The second-order valence-corrected chi connectivity index (χ2v) is 7.93. The topological polar surface area (TPSA) is 88.2 Å². The van der Waals surface area contributed by atoms with E-state index >= 15 is 0 Å². The van der Waals surface area contributed by atoms with Crippen LogP contribution in [0.5, 0.6) is 0 Å². The molecule has 2 aromatic heterocycles. The number of carbonyl (C=O) groups is 1. The Morgan fingerprint density at radius 2 is 1.93 bits per heavy atom. The molecule has 162 valence electrons. The lowest BCUT2D eigenvalue weighted by molar-refractivity contribution is -0.105. The molecule has 0 aromatic carbocycles. The summed E-state index contributed by atoms with van der Waals surface area (Å²) in [5, 5.41) is 9.76. The highest BCUT2D eigenvalue weighted by Gasteiger charge is 2.14. The molecule has 2 aliphatic heterocycles. The first-order chi connectivity index (χ1) is 14.8. The van der Waals surface area contributed by atoms with Crippen LogP contribution >= 0.6 is 11.6 Å². The van der Waals surface area contributed by atoms with E-state index in [4.69, 9.17) is 16.3 Å². The molecule has 2 aliphatic rings. The Morgan fingerprint density at radius 3 is 2.60 bits per heavy atom. The lowest BCUT2D eigenvalue weighted by Gasteiger charge is -2.22. The lowest BCUT2D eigenvalue weighted by atomic mass is 10.0. The predicted molar refractivity (Wildman–Crippen MR) is 121 cm³/mol. The fraction of sp³-hybridized carbons (Fsp3) is 0.500. The Bertz CT molecular complexity index is 783. The maximum Gasteiger partial charge on any atom is 0.212 e. The molecule has 0 spiro atoms. The van der Waals surface area contributed by atoms with Gasteiger partial charge in [-0.05, 0) is 56.8 Å². The number of piperidine rings is 1. The van der Waals surface area contributed by atoms with Crippen molar-refractivity contribution >= 4 is 29.5 Å². The summed E-state index contributed by atoms with van der Waals surface area (Å²) >= 11 is 6.24. The number of hydrogen-bond donors (Lipinski definition) is 3. The molecular formula is C22H30ClN5O2. The van der Waals surface area contributed by atoms with Gasteiger partial charge in [0.05, 0.1) is 10.7 Å². The van der Waals surface area contributed by atoms with E-state index in [0.29, 0.717) is 23.2 Å². The van der Waals surface area contributed by atoms with Gasteiger partial charge in [-0.2, -0.15) is 0 Å². The normalized spacial score (nSPS) is 16.8. The summed E-state index contributed by atoms with van der Waals surface area (Å²) in [5.41, 5.74) is 2.59. The highest BCUT2D eigenvalue weighted by atomic mass is 35.5. The minimum Gasteiger partial charge on any atom is -0.384 e. The van der Waals surface area contributed by atoms with Crippen molar-refractivity contribution in [2.45, 2.75) is 32.1 Å². The van der Waals surface area contributed by atoms with Crippen LogP contribution in [0.1, 0.15) is 32.1 Å². The quantitative estimate of drug-likeness (QED) is 0.600. The van der Waals surface area contributed by atoms with Crippen molar-refractivity contribution in [1.29, 1.82) is 0 Å². The molecule has 7 nitrogen and oxygen atoms in total. The molecule has 0 saturated carbocycles. The van der Waals surface area contributed by atoms with Crippen molar-refractivity contribution in [2.75, 3.05) is 43.5 Å². The van der Waals surface area contributed by atoms with E-state index < -0.39 is 0 Å². The fourth-order valence-corrected chi connectivity index (χ4v) is 3.71. The van der Waals surface area contributed by atoms with E-state index in [1.807, 2.05) is 6.07 Å². The van der Waals surface area contributed by atoms with Gasteiger partial charge < -0.3 is 20.7 Å². The first kappa shape index (κ1) is 22.5. The van der Waals surface area contributed by atoms with Crippen molar-refractivity contribution in [3.05, 3.63) is 35.7 Å². The van der Waals surface area contributed by atoms with Gasteiger partial charge in [0.25, 0.3) is 0 Å². The summed E-state index contributed by atoms with van der Waals surface area (Å²) in [7, 11) is 0. The Hall–Kier alpha value is -2.22. The monoisotopic (exact) mass is 431 g/mol. The third kappa shape index (κ3) is 7.23. The van der Waals surface area contributed by atoms with Crippen molar-refractivity contribution < 1.29 is 9.53 Å². The number of carbonyl (C=O) groups excluding carboxylic acids is 1. The van der Waals surface area contributed by atoms with E-state index in [0.717, 1.165) is 49.4 Å². The van der Waals surface area contributed by atoms with Gasteiger partial charge in [-0.25, -0.2) is 4.98 Å². The first-order valence-electron chi connectivity index (χ1n) is 10.6. The van der Waals surface area contributed by atoms with Crippen LogP contribution in [0, 0.1) is 5.92 Å². The number of nitrogens with one attached hydrogen (secondary N) is 3. The van der Waals surface area contributed by atoms with Crippen molar-refractivity contribution in [1.82, 2.24) is 15.3 Å². The van der Waals surface area contributed by atoms with Crippen molar-refractivity contribution in [3.63, 3.8) is 0 Å². The Balaban J connectivity index is 0.000000367. The molecule has 0 unspecified atom stereocenters. The van der Waals surface area contributed by atoms with Gasteiger partial charge in [-0.15, -0.1) is 0 Å². The average Bonchev–Trinajstić information content (AvgIpc) is 2.81. The number of rotatable bonds is 6. The fourth-order valence-electron chi connectivity index (χ4n) is 3.50. The number of pyridine rings is 2. The van der Waals surface area contributed by atoms with Crippen LogP contribution in [0.3, 0.4) is 0 Å². The summed E-state index contributed by atoms with van der Waals surface area (Å²) in [5.74, 6) is 1.07. The van der Waals surface area contributed by atoms with Crippen molar-refractivity contribution in [2.24, 2.45) is 5.92 Å². The second-order valence-electron chi connectivity index (χ2n) is 7.52. The maximum atomic E-state index is 10.6. The molecule has 2 aromatic rings. The Morgan fingerprint density at radius 1 is 1.13 bits per heavy atom. The van der Waals surface area contributed by atoms with E-state index in [-0.39, 0.29) is 0 Å². The lowest BCUT2D eigenvalue weighted by Crippen LogP contribution is -2.22. The van der Waals surface area contributed by atoms with Crippen LogP contribution in [0.15, 0.2) is 30.7 Å². The molecule has 2 saturated heterocycles. The number of ether oxygens (including phenoxy) is 1. The number of anilines is 2. The number of halogens is 1. The smallest absolute Gasteiger partial charge is 0.212 e. The number of hydrogen-bond acceptors (Lipinski definition) is 6. The van der Waals surface area contributed by atoms with Gasteiger partial charge in [-0.1, -0.05) is 18.0 Å². The number of amides is 1. The Kier molecular flexibility index (Phi) is 9.34. The highest BCUT2D eigenvalue weighted by molar-refractivity contribution is 6.33. The van der Waals surface area contributed by atoms with Crippen LogP contribution in [-0.4, -0.2) is 49.2 Å². The molecule has 0 bridgehead atoms. The van der Waals surface area contributed by atoms with Crippen LogP contribution in [0.4, 0.5) is 11.5 Å². The molecule has 0 aliphatic carbocycles. The number of aromatic nitrogens is 2. The minimum absolute atomic E-state index is 0.449. The summed E-state index contributed by atoms with van der Waals surface area (Å²) < 4.78 is 5.38. The first-order valence-corrected chi connectivity index (χ1v) is 11.0. The molecule has 2 fully saturated rings. The van der Waals surface area contributed by atoms with Crippen LogP contribution < -0.4 is 16.0 Å². The maximum absolute atomic E-state index is 10.6. The van der Waals surface area contributed by atoms with Gasteiger partial charge in [-0.3, -0.25) is 9.78 Å². The van der Waals surface area contributed by atoms with Crippen molar-refractivity contribution in [3.8, 4) is 11.1 Å². The summed E-state index contributed by atoms with van der Waals surface area (Å²) in [6, 6.07) is 3.73. The highest BCUT2D eigenvalue weighted by Crippen LogP contribution is 2.30. The van der Waals surface area contributed by atoms with Crippen LogP contribution in [-0.2, 0) is 9.53 Å².